The van der Waals surface area contributed by atoms with Crippen LogP contribution < -0.4 is 11.3 Å². The van der Waals surface area contributed by atoms with Gasteiger partial charge in [0.05, 0.1) is 26.7 Å². The van der Waals surface area contributed by atoms with E-state index in [2.05, 4.69) is 28.9 Å². The zero-order valence-corrected chi connectivity index (χ0v) is 12.9. The van der Waals surface area contributed by atoms with Gasteiger partial charge in [0.2, 0.25) is 0 Å². The highest BCUT2D eigenvalue weighted by atomic mass is 35.5. The van der Waals surface area contributed by atoms with Crippen molar-refractivity contribution < 1.29 is 0 Å². The topological polar surface area (TPSA) is 63.8 Å². The fourth-order valence-corrected chi connectivity index (χ4v) is 3.02. The van der Waals surface area contributed by atoms with Gasteiger partial charge in [-0.25, -0.2) is 5.43 Å². The highest BCUT2D eigenvalue weighted by Gasteiger charge is 2.22. The van der Waals surface area contributed by atoms with E-state index < -0.39 is 0 Å². The third-order valence-corrected chi connectivity index (χ3v) is 4.34. The minimum Gasteiger partial charge on any atom is -0.271 e. The van der Waals surface area contributed by atoms with E-state index in [-0.39, 0.29) is 12.0 Å². The molecule has 1 heterocycles. The molecule has 1 atom stereocenters. The van der Waals surface area contributed by atoms with Crippen LogP contribution >= 0.6 is 34.7 Å². The summed E-state index contributed by atoms with van der Waals surface area (Å²) in [5.74, 6) is 5.96. The Morgan fingerprint density at radius 1 is 1.26 bits per heavy atom. The molecule has 2 rings (SSSR count). The first-order valence-corrected chi connectivity index (χ1v) is 7.30. The molecule has 0 aliphatic rings. The first-order chi connectivity index (χ1) is 9.04. The molecular weight excluding hydrogens is 303 g/mol. The van der Waals surface area contributed by atoms with Crippen LogP contribution in [-0.2, 0) is 0 Å². The van der Waals surface area contributed by atoms with Crippen molar-refractivity contribution in [2.45, 2.75) is 25.8 Å². The molecule has 0 saturated carbocycles. The van der Waals surface area contributed by atoms with Gasteiger partial charge in [0.1, 0.15) is 0 Å². The molecule has 0 fully saturated rings. The van der Waals surface area contributed by atoms with Crippen LogP contribution in [-0.4, -0.2) is 9.59 Å². The van der Waals surface area contributed by atoms with E-state index in [4.69, 9.17) is 29.0 Å². The van der Waals surface area contributed by atoms with Gasteiger partial charge in [0, 0.05) is 0 Å². The number of hydrazine groups is 1. The third kappa shape index (κ3) is 3.07. The van der Waals surface area contributed by atoms with Crippen molar-refractivity contribution in [1.29, 1.82) is 0 Å². The molecule has 102 valence electrons. The molecule has 0 radical (unpaired) electrons. The van der Waals surface area contributed by atoms with Crippen LogP contribution in [0, 0.1) is 0 Å². The van der Waals surface area contributed by atoms with E-state index in [1.807, 2.05) is 6.07 Å². The molecule has 19 heavy (non-hydrogen) atoms. The van der Waals surface area contributed by atoms with E-state index in [1.165, 1.54) is 11.5 Å². The summed E-state index contributed by atoms with van der Waals surface area (Å²) in [6.07, 6.45) is 0. The fraction of sp³-hybridized carbons (Fsp3) is 0.333. The predicted molar refractivity (Wildman–Crippen MR) is 79.6 cm³/mol. The standard InChI is InChI=1S/C12H14Cl2N4S/c1-6(2)10-12(19-18-17-10)11(16-15)7-3-4-8(13)9(14)5-7/h3-6,11,16H,15H2,1-2H3. The Balaban J connectivity index is 2.44. The molecule has 2 aromatic rings. The van der Waals surface area contributed by atoms with Crippen LogP contribution in [0.25, 0.3) is 0 Å². The first kappa shape index (κ1) is 14.7. The molecule has 4 nitrogen and oxygen atoms in total. The fourth-order valence-electron chi connectivity index (χ4n) is 1.82. The monoisotopic (exact) mass is 316 g/mol. The van der Waals surface area contributed by atoms with Crippen LogP contribution in [0.2, 0.25) is 10.0 Å². The first-order valence-electron chi connectivity index (χ1n) is 5.77. The lowest BCUT2D eigenvalue weighted by Gasteiger charge is -2.17. The summed E-state index contributed by atoms with van der Waals surface area (Å²) in [6.45, 7) is 4.14. The summed E-state index contributed by atoms with van der Waals surface area (Å²) >= 11 is 13.3. The van der Waals surface area contributed by atoms with E-state index >= 15 is 0 Å². The van der Waals surface area contributed by atoms with Crippen LogP contribution in [0.1, 0.15) is 41.9 Å². The van der Waals surface area contributed by atoms with Gasteiger partial charge in [-0.3, -0.25) is 5.84 Å². The number of nitrogens with one attached hydrogen (secondary N) is 1. The van der Waals surface area contributed by atoms with Crippen LogP contribution in [0.15, 0.2) is 18.2 Å². The van der Waals surface area contributed by atoms with Gasteiger partial charge in [0.25, 0.3) is 0 Å². The summed E-state index contributed by atoms with van der Waals surface area (Å²) < 4.78 is 4.01. The van der Waals surface area contributed by atoms with Gasteiger partial charge in [-0.1, -0.05) is 47.6 Å². The summed E-state index contributed by atoms with van der Waals surface area (Å²) in [5.41, 5.74) is 4.67. The maximum Gasteiger partial charge on any atom is 0.0838 e. The molecule has 3 N–H and O–H groups in total. The second-order valence-corrected chi connectivity index (χ2v) is 6.05. The maximum absolute atomic E-state index is 6.05. The zero-order chi connectivity index (χ0) is 14.0. The molecule has 0 aliphatic carbocycles. The molecule has 7 heteroatoms. The quantitative estimate of drug-likeness (QED) is 0.669. The number of hydrogen-bond acceptors (Lipinski definition) is 5. The lowest BCUT2D eigenvalue weighted by molar-refractivity contribution is 0.631. The van der Waals surface area contributed by atoms with Crippen LogP contribution in [0.3, 0.4) is 0 Å². The summed E-state index contributed by atoms with van der Waals surface area (Å²) in [7, 11) is 0. The van der Waals surface area contributed by atoms with Crippen molar-refractivity contribution in [2.75, 3.05) is 0 Å². The van der Waals surface area contributed by atoms with Crippen molar-refractivity contribution in [3.05, 3.63) is 44.4 Å². The second kappa shape index (κ2) is 6.15. The molecule has 0 bridgehead atoms. The Morgan fingerprint density at radius 2 is 2.00 bits per heavy atom. The van der Waals surface area contributed by atoms with E-state index in [0.29, 0.717) is 10.0 Å². The van der Waals surface area contributed by atoms with Gasteiger partial charge in [-0.15, -0.1) is 5.10 Å². The number of aromatic nitrogens is 2. The van der Waals surface area contributed by atoms with Crippen molar-refractivity contribution in [3.63, 3.8) is 0 Å². The second-order valence-electron chi connectivity index (χ2n) is 4.45. The highest BCUT2D eigenvalue weighted by Crippen LogP contribution is 2.33. The number of benzene rings is 1. The van der Waals surface area contributed by atoms with Crippen molar-refractivity contribution in [3.8, 4) is 0 Å². The summed E-state index contributed by atoms with van der Waals surface area (Å²) in [6, 6.07) is 5.26. The van der Waals surface area contributed by atoms with Crippen LogP contribution in [0.5, 0.6) is 0 Å². The van der Waals surface area contributed by atoms with Gasteiger partial charge >= 0.3 is 0 Å². The molecule has 1 unspecified atom stereocenters. The average Bonchev–Trinajstić information content (AvgIpc) is 2.84. The van der Waals surface area contributed by atoms with Crippen LogP contribution in [0.4, 0.5) is 0 Å². The predicted octanol–water partition coefficient (Wildman–Crippen LogP) is 3.52. The molecule has 0 amide bonds. The Morgan fingerprint density at radius 3 is 2.58 bits per heavy atom. The lowest BCUT2D eigenvalue weighted by Crippen LogP contribution is -2.29. The summed E-state index contributed by atoms with van der Waals surface area (Å²) in [5, 5.41) is 5.19. The van der Waals surface area contributed by atoms with Crippen molar-refractivity contribution in [1.82, 2.24) is 15.0 Å². The summed E-state index contributed by atoms with van der Waals surface area (Å²) in [4.78, 5) is 0.996. The SMILES string of the molecule is CC(C)c1nnsc1C(NN)c1ccc(Cl)c(Cl)c1. The normalized spacial score (nSPS) is 12.9. The number of hydrogen-bond donors (Lipinski definition) is 2. The Hall–Kier alpha value is -0.720. The average molecular weight is 317 g/mol. The van der Waals surface area contributed by atoms with Gasteiger partial charge in [0.15, 0.2) is 0 Å². The zero-order valence-electron chi connectivity index (χ0n) is 10.5. The third-order valence-electron chi connectivity index (χ3n) is 2.79. The minimum atomic E-state index is -0.188. The lowest BCUT2D eigenvalue weighted by atomic mass is 10.0. The Bertz CT molecular complexity index is 571. The van der Waals surface area contributed by atoms with Gasteiger partial charge in [-0.05, 0) is 35.1 Å². The smallest absolute Gasteiger partial charge is 0.0838 e. The molecule has 0 spiro atoms. The number of nitrogens with two attached hydrogens (primary N) is 1. The molecule has 1 aromatic carbocycles. The largest absolute Gasteiger partial charge is 0.271 e. The Labute approximate surface area is 126 Å². The van der Waals surface area contributed by atoms with E-state index in [1.54, 1.807) is 12.1 Å². The van der Waals surface area contributed by atoms with Gasteiger partial charge in [-0.2, -0.15) is 0 Å². The Kier molecular flexibility index (Phi) is 4.76. The van der Waals surface area contributed by atoms with Crippen molar-refractivity contribution in [2.24, 2.45) is 5.84 Å². The maximum atomic E-state index is 6.05. The number of nitrogens with zero attached hydrogens (tertiary/aromatic N) is 2. The van der Waals surface area contributed by atoms with Crippen molar-refractivity contribution >= 4 is 34.7 Å². The van der Waals surface area contributed by atoms with E-state index in [0.717, 1.165) is 16.1 Å². The molecule has 1 aromatic heterocycles. The van der Waals surface area contributed by atoms with Gasteiger partial charge < -0.3 is 0 Å². The molecule has 0 aliphatic heterocycles. The number of rotatable bonds is 4. The minimum absolute atomic E-state index is 0.188. The number of halogens is 2. The van der Waals surface area contributed by atoms with E-state index in [9.17, 15) is 0 Å². The highest BCUT2D eigenvalue weighted by molar-refractivity contribution is 7.05. The molecular formula is C12H14Cl2N4S. The molecule has 0 saturated heterocycles.